The Bertz CT molecular complexity index is 778. The molecule has 118 valence electrons. The average Bonchev–Trinajstić information content (AvgIpc) is 2.64. The molecule has 2 aromatic carbocycles. The quantitative estimate of drug-likeness (QED) is 0.448. The largest absolute Gasteiger partial charge is 0.437 e. The van der Waals surface area contributed by atoms with E-state index in [-0.39, 0.29) is 0 Å². The summed E-state index contributed by atoms with van der Waals surface area (Å²) in [5, 5.41) is 6.64. The number of hydrogen-bond acceptors (Lipinski definition) is 4. The maximum atomic E-state index is 11.9. The van der Waals surface area contributed by atoms with Gasteiger partial charge in [0.05, 0.1) is 0 Å². The number of pyridine rings is 1. The molecule has 3 aromatic rings. The van der Waals surface area contributed by atoms with Crippen molar-refractivity contribution in [2.24, 2.45) is 5.16 Å². The second-order valence-corrected chi connectivity index (χ2v) is 4.92. The van der Waals surface area contributed by atoms with Gasteiger partial charge in [0.2, 0.25) is 0 Å². The molecule has 0 saturated carbocycles. The van der Waals surface area contributed by atoms with Crippen LogP contribution in [0.3, 0.4) is 0 Å². The molecular formula is C19H15N3O2. The summed E-state index contributed by atoms with van der Waals surface area (Å²) in [6.45, 7) is 0. The van der Waals surface area contributed by atoms with Crippen molar-refractivity contribution in [1.82, 2.24) is 4.98 Å². The standard InChI is InChI=1S/C19H15N3O2/c23-19(21-17-11-5-2-6-12-17)24-22-18(15-8-3-1-4-9-15)16-10-7-13-20-14-16/h1-14H,(H,21,23)/b22-18-. The molecule has 0 aliphatic heterocycles. The highest BCUT2D eigenvalue weighted by Gasteiger charge is 2.10. The number of nitrogens with zero attached hydrogens (tertiary/aromatic N) is 2. The lowest BCUT2D eigenvalue weighted by atomic mass is 10.0. The molecule has 0 aliphatic rings. The van der Waals surface area contributed by atoms with Crippen LogP contribution < -0.4 is 5.32 Å². The molecular weight excluding hydrogens is 302 g/mol. The first kappa shape index (κ1) is 15.4. The van der Waals surface area contributed by atoms with Crippen molar-refractivity contribution in [2.75, 3.05) is 5.32 Å². The van der Waals surface area contributed by atoms with E-state index in [4.69, 9.17) is 4.84 Å². The van der Waals surface area contributed by atoms with E-state index in [1.165, 1.54) is 0 Å². The van der Waals surface area contributed by atoms with Gasteiger partial charge in [-0.25, -0.2) is 4.79 Å². The molecule has 5 heteroatoms. The summed E-state index contributed by atoms with van der Waals surface area (Å²) < 4.78 is 0. The smallest absolute Gasteiger partial charge is 0.297 e. The zero-order valence-electron chi connectivity index (χ0n) is 12.8. The first-order valence-electron chi connectivity index (χ1n) is 7.40. The molecule has 1 N–H and O–H groups in total. The highest BCUT2D eigenvalue weighted by atomic mass is 16.7. The molecule has 0 aliphatic carbocycles. The molecule has 1 heterocycles. The van der Waals surface area contributed by atoms with Crippen LogP contribution in [0.25, 0.3) is 0 Å². The third-order valence-corrected chi connectivity index (χ3v) is 3.22. The predicted octanol–water partition coefficient (Wildman–Crippen LogP) is 4.08. The maximum Gasteiger partial charge on any atom is 0.437 e. The second kappa shape index (κ2) is 7.69. The van der Waals surface area contributed by atoms with Crippen molar-refractivity contribution in [2.45, 2.75) is 0 Å². The molecule has 0 bridgehead atoms. The lowest BCUT2D eigenvalue weighted by Gasteiger charge is -2.07. The number of carbonyl (C=O) groups is 1. The number of hydrogen-bond donors (Lipinski definition) is 1. The van der Waals surface area contributed by atoms with Crippen LogP contribution >= 0.6 is 0 Å². The number of benzene rings is 2. The van der Waals surface area contributed by atoms with E-state index >= 15 is 0 Å². The fourth-order valence-corrected chi connectivity index (χ4v) is 2.12. The van der Waals surface area contributed by atoms with Crippen molar-refractivity contribution in [1.29, 1.82) is 0 Å². The minimum Gasteiger partial charge on any atom is -0.297 e. The lowest BCUT2D eigenvalue weighted by molar-refractivity contribution is 0.166. The highest BCUT2D eigenvalue weighted by Crippen LogP contribution is 2.11. The normalized spacial score (nSPS) is 10.9. The summed E-state index contributed by atoms with van der Waals surface area (Å²) in [4.78, 5) is 21.0. The third-order valence-electron chi connectivity index (χ3n) is 3.22. The Morgan fingerprint density at radius 1 is 0.875 bits per heavy atom. The van der Waals surface area contributed by atoms with Crippen LogP contribution in [-0.2, 0) is 4.84 Å². The minimum absolute atomic E-state index is 0.534. The monoisotopic (exact) mass is 317 g/mol. The fourth-order valence-electron chi connectivity index (χ4n) is 2.12. The molecule has 0 radical (unpaired) electrons. The van der Waals surface area contributed by atoms with Gasteiger partial charge in [-0.3, -0.25) is 15.1 Å². The van der Waals surface area contributed by atoms with Crippen molar-refractivity contribution < 1.29 is 9.63 Å². The molecule has 0 saturated heterocycles. The maximum absolute atomic E-state index is 11.9. The first-order valence-corrected chi connectivity index (χ1v) is 7.40. The van der Waals surface area contributed by atoms with Crippen molar-refractivity contribution in [3.05, 3.63) is 96.3 Å². The Kier molecular flexibility index (Phi) is 4.94. The van der Waals surface area contributed by atoms with E-state index in [1.807, 2.05) is 54.6 Å². The van der Waals surface area contributed by atoms with Gasteiger partial charge in [0.25, 0.3) is 0 Å². The Hall–Kier alpha value is -3.47. The van der Waals surface area contributed by atoms with Gasteiger partial charge in [0.1, 0.15) is 5.71 Å². The molecule has 1 aromatic heterocycles. The topological polar surface area (TPSA) is 63.6 Å². The molecule has 0 unspecified atom stereocenters. The van der Waals surface area contributed by atoms with Crippen LogP contribution in [0.5, 0.6) is 0 Å². The number of rotatable bonds is 4. The van der Waals surface area contributed by atoms with Gasteiger partial charge in [-0.2, -0.15) is 0 Å². The zero-order chi connectivity index (χ0) is 16.6. The summed E-state index contributed by atoms with van der Waals surface area (Å²) >= 11 is 0. The van der Waals surface area contributed by atoms with Crippen molar-refractivity contribution in [3.63, 3.8) is 0 Å². The number of aromatic nitrogens is 1. The predicted molar refractivity (Wildman–Crippen MR) is 92.9 cm³/mol. The summed E-state index contributed by atoms with van der Waals surface area (Å²) in [7, 11) is 0. The molecule has 3 rings (SSSR count). The summed E-state index contributed by atoms with van der Waals surface area (Å²) in [6.07, 6.45) is 2.69. The van der Waals surface area contributed by atoms with Gasteiger partial charge in [-0.05, 0) is 24.3 Å². The number of oxime groups is 1. The van der Waals surface area contributed by atoms with Crippen LogP contribution in [0.4, 0.5) is 10.5 Å². The van der Waals surface area contributed by atoms with E-state index in [1.54, 1.807) is 30.6 Å². The number of amides is 1. The molecule has 0 spiro atoms. The van der Waals surface area contributed by atoms with Crippen LogP contribution in [0.2, 0.25) is 0 Å². The van der Waals surface area contributed by atoms with E-state index < -0.39 is 6.09 Å². The summed E-state index contributed by atoms with van der Waals surface area (Å²) in [5.41, 5.74) is 2.77. The molecule has 0 fully saturated rings. The molecule has 24 heavy (non-hydrogen) atoms. The molecule has 5 nitrogen and oxygen atoms in total. The van der Waals surface area contributed by atoms with Gasteiger partial charge in [0, 0.05) is 29.2 Å². The van der Waals surface area contributed by atoms with Crippen molar-refractivity contribution in [3.8, 4) is 0 Å². The number of nitrogens with one attached hydrogen (secondary N) is 1. The Balaban J connectivity index is 1.81. The SMILES string of the molecule is O=C(Nc1ccccc1)O/N=C(/c1ccccc1)c1cccnc1. The lowest BCUT2D eigenvalue weighted by Crippen LogP contribution is -2.13. The van der Waals surface area contributed by atoms with E-state index in [0.717, 1.165) is 11.1 Å². The van der Waals surface area contributed by atoms with Gasteiger partial charge >= 0.3 is 6.09 Å². The fraction of sp³-hybridized carbons (Fsp3) is 0. The van der Waals surface area contributed by atoms with Crippen LogP contribution in [-0.4, -0.2) is 16.8 Å². The van der Waals surface area contributed by atoms with Gasteiger partial charge in [-0.1, -0.05) is 53.7 Å². The highest BCUT2D eigenvalue weighted by molar-refractivity contribution is 6.12. The van der Waals surface area contributed by atoms with E-state index in [2.05, 4.69) is 15.5 Å². The first-order chi connectivity index (χ1) is 11.8. The van der Waals surface area contributed by atoms with E-state index in [9.17, 15) is 4.79 Å². The van der Waals surface area contributed by atoms with Gasteiger partial charge < -0.3 is 0 Å². The Morgan fingerprint density at radius 2 is 1.54 bits per heavy atom. The minimum atomic E-state index is -0.654. The zero-order valence-corrected chi connectivity index (χ0v) is 12.8. The molecule has 0 atom stereocenters. The number of para-hydroxylation sites is 1. The van der Waals surface area contributed by atoms with Gasteiger partial charge in [0.15, 0.2) is 0 Å². The average molecular weight is 317 g/mol. The summed E-state index contributed by atoms with van der Waals surface area (Å²) in [5.74, 6) is 0. The van der Waals surface area contributed by atoms with Crippen molar-refractivity contribution >= 4 is 17.5 Å². The van der Waals surface area contributed by atoms with Gasteiger partial charge in [-0.15, -0.1) is 0 Å². The van der Waals surface area contributed by atoms with Crippen LogP contribution in [0, 0.1) is 0 Å². The van der Waals surface area contributed by atoms with Crippen LogP contribution in [0.1, 0.15) is 11.1 Å². The Labute approximate surface area is 139 Å². The molecule has 1 amide bonds. The second-order valence-electron chi connectivity index (χ2n) is 4.92. The number of anilines is 1. The van der Waals surface area contributed by atoms with E-state index in [0.29, 0.717) is 11.4 Å². The summed E-state index contributed by atoms with van der Waals surface area (Å²) in [6, 6.07) is 22.2. The Morgan fingerprint density at radius 3 is 2.21 bits per heavy atom. The third kappa shape index (κ3) is 4.04. The van der Waals surface area contributed by atoms with Crippen LogP contribution in [0.15, 0.2) is 90.3 Å². The number of carbonyl (C=O) groups excluding carboxylic acids is 1.